The number of fused-ring (bicyclic) bond motifs is 1. The fourth-order valence-electron chi connectivity index (χ4n) is 2.99. The highest BCUT2D eigenvalue weighted by molar-refractivity contribution is 7.08. The van der Waals surface area contributed by atoms with Crippen LogP contribution in [0.4, 0.5) is 0 Å². The molecule has 20 heavy (non-hydrogen) atoms. The Hall–Kier alpha value is -2.13. The van der Waals surface area contributed by atoms with Gasteiger partial charge in [-0.05, 0) is 28.0 Å². The molecule has 2 aromatic heterocycles. The maximum Gasteiger partial charge on any atom is 0.0562 e. The Balaban J connectivity index is 1.92. The maximum atomic E-state index is 4.17. The van der Waals surface area contributed by atoms with Crippen LogP contribution in [-0.4, -0.2) is 10.2 Å². The second-order valence-corrected chi connectivity index (χ2v) is 5.94. The first-order chi connectivity index (χ1) is 9.88. The van der Waals surface area contributed by atoms with E-state index in [1.54, 1.807) is 11.3 Å². The fourth-order valence-corrected chi connectivity index (χ4v) is 3.73. The molecule has 3 aromatic rings. The fraction of sp³-hybridized carbons (Fsp3) is 0.118. The first-order valence-corrected chi connectivity index (χ1v) is 7.62. The van der Waals surface area contributed by atoms with Crippen molar-refractivity contribution >= 4 is 17.4 Å². The van der Waals surface area contributed by atoms with Crippen LogP contribution < -0.4 is 0 Å². The summed E-state index contributed by atoms with van der Waals surface area (Å²) in [5, 5.41) is 11.7. The Morgan fingerprint density at radius 1 is 1.10 bits per heavy atom. The van der Waals surface area contributed by atoms with Crippen LogP contribution in [0.3, 0.4) is 0 Å². The van der Waals surface area contributed by atoms with Crippen molar-refractivity contribution in [2.45, 2.75) is 11.8 Å². The van der Waals surface area contributed by atoms with E-state index >= 15 is 0 Å². The van der Waals surface area contributed by atoms with Crippen LogP contribution in [0.1, 0.15) is 22.4 Å². The second-order valence-electron chi connectivity index (χ2n) is 5.16. The number of hydrogen-bond donors (Lipinski definition) is 1. The molecule has 1 aromatic carbocycles. The number of aromatic amines is 1. The van der Waals surface area contributed by atoms with E-state index < -0.39 is 0 Å². The van der Waals surface area contributed by atoms with E-state index in [0.717, 1.165) is 6.42 Å². The lowest BCUT2D eigenvalue weighted by Crippen LogP contribution is -2.29. The summed E-state index contributed by atoms with van der Waals surface area (Å²) in [7, 11) is 0. The number of H-pyrrole nitrogens is 1. The molecule has 3 heteroatoms. The van der Waals surface area contributed by atoms with Gasteiger partial charge < -0.3 is 0 Å². The number of rotatable bonds is 2. The Bertz CT molecular complexity index is 740. The average molecular weight is 278 g/mol. The minimum Gasteiger partial charge on any atom is -0.282 e. The summed E-state index contributed by atoms with van der Waals surface area (Å²) in [6.45, 7) is 0. The number of nitrogens with zero attached hydrogens (tertiary/aromatic N) is 1. The van der Waals surface area contributed by atoms with E-state index in [9.17, 15) is 0 Å². The SMILES string of the molecule is C1=CC(c2ccccc2)(c2ccsc2)Cc2[nH]ncc21. The van der Waals surface area contributed by atoms with E-state index in [2.05, 4.69) is 69.5 Å². The monoisotopic (exact) mass is 278 g/mol. The van der Waals surface area contributed by atoms with Gasteiger partial charge in [0.2, 0.25) is 0 Å². The summed E-state index contributed by atoms with van der Waals surface area (Å²) in [6, 6.07) is 12.9. The summed E-state index contributed by atoms with van der Waals surface area (Å²) < 4.78 is 0. The zero-order valence-electron chi connectivity index (χ0n) is 10.9. The van der Waals surface area contributed by atoms with Crippen molar-refractivity contribution in [1.29, 1.82) is 0 Å². The van der Waals surface area contributed by atoms with Crippen molar-refractivity contribution in [3.05, 3.63) is 81.8 Å². The van der Waals surface area contributed by atoms with Gasteiger partial charge in [0.05, 0.1) is 6.20 Å². The largest absolute Gasteiger partial charge is 0.282 e. The van der Waals surface area contributed by atoms with Crippen LogP contribution in [0.2, 0.25) is 0 Å². The third-order valence-corrected chi connectivity index (χ3v) is 4.76. The van der Waals surface area contributed by atoms with Gasteiger partial charge in [0.15, 0.2) is 0 Å². The quantitative estimate of drug-likeness (QED) is 0.753. The lowest BCUT2D eigenvalue weighted by atomic mass is 9.69. The summed E-state index contributed by atoms with van der Waals surface area (Å²) in [5.74, 6) is 0. The smallest absolute Gasteiger partial charge is 0.0562 e. The number of benzene rings is 1. The molecule has 0 saturated heterocycles. The highest BCUT2D eigenvalue weighted by Crippen LogP contribution is 2.41. The summed E-state index contributed by atoms with van der Waals surface area (Å²) >= 11 is 1.75. The highest BCUT2D eigenvalue weighted by atomic mass is 32.1. The molecule has 0 bridgehead atoms. The van der Waals surface area contributed by atoms with Crippen LogP contribution in [0.25, 0.3) is 6.08 Å². The molecule has 4 rings (SSSR count). The van der Waals surface area contributed by atoms with E-state index in [0.29, 0.717) is 0 Å². The van der Waals surface area contributed by atoms with Crippen LogP contribution in [0.5, 0.6) is 0 Å². The zero-order valence-corrected chi connectivity index (χ0v) is 11.7. The first-order valence-electron chi connectivity index (χ1n) is 6.68. The number of aromatic nitrogens is 2. The standard InChI is InChI=1S/C17H14N2S/c1-2-4-14(5-3-1)17(15-7-9-20-12-15)8-6-13-11-18-19-16(13)10-17/h1-9,11-12H,10H2,(H,18,19). The average Bonchev–Trinajstić information content (AvgIpc) is 3.18. The van der Waals surface area contributed by atoms with Gasteiger partial charge in [0.1, 0.15) is 0 Å². The van der Waals surface area contributed by atoms with E-state index in [1.807, 2.05) is 6.20 Å². The minimum atomic E-state index is -0.0825. The molecule has 1 atom stereocenters. The molecule has 0 amide bonds. The first kappa shape index (κ1) is 11.7. The Morgan fingerprint density at radius 2 is 2.00 bits per heavy atom. The topological polar surface area (TPSA) is 28.7 Å². The predicted molar refractivity (Wildman–Crippen MR) is 82.9 cm³/mol. The predicted octanol–water partition coefficient (Wildman–Crippen LogP) is 4.03. The van der Waals surface area contributed by atoms with Gasteiger partial charge in [-0.15, -0.1) is 0 Å². The van der Waals surface area contributed by atoms with Crippen molar-refractivity contribution in [3.8, 4) is 0 Å². The van der Waals surface area contributed by atoms with Crippen LogP contribution in [0.15, 0.2) is 59.4 Å². The molecule has 1 aliphatic carbocycles. The molecule has 1 N–H and O–H groups in total. The molecule has 1 aliphatic rings. The molecular formula is C17H14N2S. The number of nitrogens with one attached hydrogen (secondary N) is 1. The summed E-state index contributed by atoms with van der Waals surface area (Å²) in [4.78, 5) is 0. The Morgan fingerprint density at radius 3 is 2.80 bits per heavy atom. The van der Waals surface area contributed by atoms with E-state index in [4.69, 9.17) is 0 Å². The zero-order chi connectivity index (χ0) is 13.4. The molecule has 98 valence electrons. The molecule has 0 saturated carbocycles. The van der Waals surface area contributed by atoms with Crippen molar-refractivity contribution in [2.24, 2.45) is 0 Å². The summed E-state index contributed by atoms with van der Waals surface area (Å²) in [5.41, 5.74) is 5.01. The van der Waals surface area contributed by atoms with Gasteiger partial charge in [-0.25, -0.2) is 0 Å². The molecule has 0 aliphatic heterocycles. The van der Waals surface area contributed by atoms with Gasteiger partial charge in [-0.2, -0.15) is 16.4 Å². The van der Waals surface area contributed by atoms with Crippen molar-refractivity contribution in [1.82, 2.24) is 10.2 Å². The summed E-state index contributed by atoms with van der Waals surface area (Å²) in [6.07, 6.45) is 7.34. The molecule has 1 unspecified atom stereocenters. The molecule has 0 spiro atoms. The van der Waals surface area contributed by atoms with Crippen LogP contribution in [0, 0.1) is 0 Å². The van der Waals surface area contributed by atoms with E-state index in [1.165, 1.54) is 22.4 Å². The van der Waals surface area contributed by atoms with Crippen molar-refractivity contribution in [3.63, 3.8) is 0 Å². The molecule has 0 fully saturated rings. The Labute approximate surface area is 121 Å². The molecular weight excluding hydrogens is 264 g/mol. The maximum absolute atomic E-state index is 4.17. The number of thiophene rings is 1. The van der Waals surface area contributed by atoms with Gasteiger partial charge in [0, 0.05) is 23.1 Å². The third-order valence-electron chi connectivity index (χ3n) is 4.08. The second kappa shape index (κ2) is 4.46. The number of allylic oxidation sites excluding steroid dienone is 1. The lowest BCUT2D eigenvalue weighted by Gasteiger charge is -2.33. The van der Waals surface area contributed by atoms with Gasteiger partial charge in [-0.1, -0.05) is 42.5 Å². The van der Waals surface area contributed by atoms with Crippen LogP contribution in [-0.2, 0) is 11.8 Å². The third kappa shape index (κ3) is 1.67. The number of hydrogen-bond acceptors (Lipinski definition) is 2. The Kier molecular flexibility index (Phi) is 2.60. The molecule has 0 radical (unpaired) electrons. The van der Waals surface area contributed by atoms with Gasteiger partial charge in [0.25, 0.3) is 0 Å². The normalized spacial score (nSPS) is 20.8. The van der Waals surface area contributed by atoms with Crippen molar-refractivity contribution in [2.75, 3.05) is 0 Å². The highest BCUT2D eigenvalue weighted by Gasteiger charge is 2.35. The minimum absolute atomic E-state index is 0.0825. The van der Waals surface area contributed by atoms with Gasteiger partial charge >= 0.3 is 0 Å². The molecule has 2 nitrogen and oxygen atoms in total. The van der Waals surface area contributed by atoms with Crippen LogP contribution >= 0.6 is 11.3 Å². The van der Waals surface area contributed by atoms with E-state index in [-0.39, 0.29) is 5.41 Å². The lowest BCUT2D eigenvalue weighted by molar-refractivity contribution is 0.623. The van der Waals surface area contributed by atoms with Crippen molar-refractivity contribution < 1.29 is 0 Å². The molecule has 2 heterocycles. The van der Waals surface area contributed by atoms with Gasteiger partial charge in [-0.3, -0.25) is 5.10 Å².